The lowest BCUT2D eigenvalue weighted by Gasteiger charge is -2.35. The Morgan fingerprint density at radius 3 is 2.29 bits per heavy atom. The molecule has 0 aliphatic carbocycles. The summed E-state index contributed by atoms with van der Waals surface area (Å²) in [5.74, 6) is 0.521. The Hall–Kier alpha value is -1.40. The van der Waals surface area contributed by atoms with Gasteiger partial charge in [-0.05, 0) is 30.7 Å². The molecular formula is C18H27N3O2S. The normalized spacial score (nSPS) is 19.5. The molecule has 0 saturated carbocycles. The van der Waals surface area contributed by atoms with Crippen molar-refractivity contribution in [1.82, 2.24) is 14.7 Å². The van der Waals surface area contributed by atoms with E-state index in [4.69, 9.17) is 0 Å². The van der Waals surface area contributed by atoms with Gasteiger partial charge in [0.2, 0.25) is 11.8 Å². The third-order valence-electron chi connectivity index (χ3n) is 4.98. The minimum absolute atomic E-state index is 0.224. The predicted molar refractivity (Wildman–Crippen MR) is 96.1 cm³/mol. The van der Waals surface area contributed by atoms with Crippen LogP contribution in [0, 0.1) is 0 Å². The van der Waals surface area contributed by atoms with E-state index in [1.807, 2.05) is 27.3 Å². The number of thiophene rings is 1. The van der Waals surface area contributed by atoms with E-state index in [0.717, 1.165) is 63.5 Å². The molecule has 2 aliphatic rings. The first-order valence-electron chi connectivity index (χ1n) is 9.02. The van der Waals surface area contributed by atoms with Gasteiger partial charge in [-0.15, -0.1) is 11.3 Å². The SMILES string of the molecule is O=C(CCN1CCN(C(=O)Cc2cccs2)CC1)N1CCCCC1. The summed E-state index contributed by atoms with van der Waals surface area (Å²) in [7, 11) is 0. The van der Waals surface area contributed by atoms with Gasteiger partial charge in [-0.25, -0.2) is 0 Å². The Bertz CT molecular complexity index is 532. The van der Waals surface area contributed by atoms with E-state index in [0.29, 0.717) is 18.7 Å². The second-order valence-corrected chi connectivity index (χ2v) is 7.70. The molecule has 6 heteroatoms. The Kier molecular flexibility index (Phi) is 6.26. The average molecular weight is 350 g/mol. The van der Waals surface area contributed by atoms with Crippen LogP contribution < -0.4 is 0 Å². The lowest BCUT2D eigenvalue weighted by molar-refractivity contribution is -0.134. The van der Waals surface area contributed by atoms with Crippen LogP contribution in [0.25, 0.3) is 0 Å². The van der Waals surface area contributed by atoms with E-state index in [2.05, 4.69) is 4.90 Å². The van der Waals surface area contributed by atoms with Gasteiger partial charge in [-0.1, -0.05) is 6.07 Å². The first-order chi connectivity index (χ1) is 11.7. The van der Waals surface area contributed by atoms with Crippen LogP contribution in [0.3, 0.4) is 0 Å². The third-order valence-corrected chi connectivity index (χ3v) is 5.86. The molecule has 0 N–H and O–H groups in total. The molecule has 2 fully saturated rings. The Morgan fingerprint density at radius 1 is 0.917 bits per heavy atom. The van der Waals surface area contributed by atoms with E-state index < -0.39 is 0 Å². The summed E-state index contributed by atoms with van der Waals surface area (Å²) in [6.07, 6.45) is 4.69. The maximum atomic E-state index is 12.3. The van der Waals surface area contributed by atoms with Crippen molar-refractivity contribution in [2.75, 3.05) is 45.8 Å². The second kappa shape index (κ2) is 8.62. The molecule has 3 rings (SSSR count). The van der Waals surface area contributed by atoms with Crippen LogP contribution in [0.2, 0.25) is 0 Å². The molecule has 0 spiro atoms. The van der Waals surface area contributed by atoms with Crippen molar-refractivity contribution in [3.8, 4) is 0 Å². The monoisotopic (exact) mass is 349 g/mol. The number of carbonyl (C=O) groups excluding carboxylic acids is 2. The van der Waals surface area contributed by atoms with Crippen molar-refractivity contribution >= 4 is 23.2 Å². The van der Waals surface area contributed by atoms with Gasteiger partial charge in [0.25, 0.3) is 0 Å². The van der Waals surface area contributed by atoms with Gasteiger partial charge in [0, 0.05) is 57.1 Å². The minimum Gasteiger partial charge on any atom is -0.343 e. The molecule has 0 atom stereocenters. The fourth-order valence-corrected chi connectivity index (χ4v) is 4.15. The van der Waals surface area contributed by atoms with E-state index >= 15 is 0 Å². The smallest absolute Gasteiger partial charge is 0.227 e. The third kappa shape index (κ3) is 4.80. The van der Waals surface area contributed by atoms with Crippen molar-refractivity contribution in [1.29, 1.82) is 0 Å². The van der Waals surface area contributed by atoms with Crippen molar-refractivity contribution in [2.45, 2.75) is 32.1 Å². The molecule has 0 aromatic carbocycles. The van der Waals surface area contributed by atoms with Crippen molar-refractivity contribution in [3.05, 3.63) is 22.4 Å². The molecule has 5 nitrogen and oxygen atoms in total. The zero-order valence-corrected chi connectivity index (χ0v) is 15.1. The summed E-state index contributed by atoms with van der Waals surface area (Å²) in [6, 6.07) is 4.01. The molecule has 2 saturated heterocycles. The van der Waals surface area contributed by atoms with Crippen molar-refractivity contribution in [2.24, 2.45) is 0 Å². The molecule has 3 heterocycles. The number of rotatable bonds is 5. The summed E-state index contributed by atoms with van der Waals surface area (Å²) in [4.78, 5) is 32.0. The molecular weight excluding hydrogens is 322 g/mol. The van der Waals surface area contributed by atoms with Gasteiger partial charge in [0.05, 0.1) is 6.42 Å². The van der Waals surface area contributed by atoms with Gasteiger partial charge in [-0.2, -0.15) is 0 Å². The van der Waals surface area contributed by atoms with Crippen LogP contribution in [0.15, 0.2) is 17.5 Å². The standard InChI is InChI=1S/C18H27N3O2S/c22-17(20-7-2-1-3-8-20)6-9-19-10-12-21(13-11-19)18(23)15-16-5-4-14-24-16/h4-5,14H,1-3,6-13,15H2. The van der Waals surface area contributed by atoms with Gasteiger partial charge in [-0.3, -0.25) is 14.5 Å². The number of piperidine rings is 1. The van der Waals surface area contributed by atoms with E-state index in [1.54, 1.807) is 11.3 Å². The first-order valence-corrected chi connectivity index (χ1v) is 9.90. The van der Waals surface area contributed by atoms with E-state index in [1.165, 1.54) is 6.42 Å². The number of piperazine rings is 1. The highest BCUT2D eigenvalue weighted by atomic mass is 32.1. The van der Waals surface area contributed by atoms with Crippen LogP contribution in [0.4, 0.5) is 0 Å². The number of hydrogen-bond acceptors (Lipinski definition) is 4. The summed E-state index contributed by atoms with van der Waals surface area (Å²) in [5, 5.41) is 2.01. The molecule has 132 valence electrons. The molecule has 1 aromatic heterocycles. The first kappa shape index (κ1) is 17.4. The summed E-state index contributed by atoms with van der Waals surface area (Å²) >= 11 is 1.64. The van der Waals surface area contributed by atoms with Gasteiger partial charge in [0.1, 0.15) is 0 Å². The van der Waals surface area contributed by atoms with E-state index in [9.17, 15) is 9.59 Å². The highest BCUT2D eigenvalue weighted by molar-refractivity contribution is 7.10. The number of nitrogens with zero attached hydrogens (tertiary/aromatic N) is 3. The lowest BCUT2D eigenvalue weighted by atomic mass is 10.1. The van der Waals surface area contributed by atoms with Gasteiger partial charge >= 0.3 is 0 Å². The fourth-order valence-electron chi connectivity index (χ4n) is 3.45. The van der Waals surface area contributed by atoms with Crippen LogP contribution >= 0.6 is 11.3 Å². The molecule has 1 aromatic rings. The largest absolute Gasteiger partial charge is 0.343 e. The number of hydrogen-bond donors (Lipinski definition) is 0. The Balaban J connectivity index is 1.35. The van der Waals surface area contributed by atoms with Crippen molar-refractivity contribution < 1.29 is 9.59 Å². The number of likely N-dealkylation sites (tertiary alicyclic amines) is 1. The molecule has 0 radical (unpaired) electrons. The summed E-state index contributed by atoms with van der Waals surface area (Å²) < 4.78 is 0. The quantitative estimate of drug-likeness (QED) is 0.815. The maximum Gasteiger partial charge on any atom is 0.227 e. The Morgan fingerprint density at radius 2 is 1.62 bits per heavy atom. The summed E-state index contributed by atoms with van der Waals surface area (Å²) in [6.45, 7) is 6.01. The number of carbonyl (C=O) groups is 2. The zero-order chi connectivity index (χ0) is 16.8. The number of amides is 2. The zero-order valence-electron chi connectivity index (χ0n) is 14.3. The van der Waals surface area contributed by atoms with Crippen molar-refractivity contribution in [3.63, 3.8) is 0 Å². The summed E-state index contributed by atoms with van der Waals surface area (Å²) in [5.41, 5.74) is 0. The molecule has 2 aliphatic heterocycles. The van der Waals surface area contributed by atoms with Crippen LogP contribution in [0.1, 0.15) is 30.6 Å². The predicted octanol–water partition coefficient (Wildman–Crippen LogP) is 1.84. The van der Waals surface area contributed by atoms with Crippen LogP contribution in [-0.2, 0) is 16.0 Å². The lowest BCUT2D eigenvalue weighted by Crippen LogP contribution is -2.49. The van der Waals surface area contributed by atoms with Gasteiger partial charge in [0.15, 0.2) is 0 Å². The topological polar surface area (TPSA) is 43.9 Å². The van der Waals surface area contributed by atoms with Crippen LogP contribution in [-0.4, -0.2) is 72.3 Å². The molecule has 24 heavy (non-hydrogen) atoms. The average Bonchev–Trinajstić information content (AvgIpc) is 3.14. The van der Waals surface area contributed by atoms with Gasteiger partial charge < -0.3 is 9.80 Å². The fraction of sp³-hybridized carbons (Fsp3) is 0.667. The second-order valence-electron chi connectivity index (χ2n) is 6.67. The molecule has 0 bridgehead atoms. The molecule has 2 amide bonds. The maximum absolute atomic E-state index is 12.3. The minimum atomic E-state index is 0.224. The van der Waals surface area contributed by atoms with E-state index in [-0.39, 0.29) is 5.91 Å². The van der Waals surface area contributed by atoms with Crippen LogP contribution in [0.5, 0.6) is 0 Å². The molecule has 0 unspecified atom stereocenters. The highest BCUT2D eigenvalue weighted by Gasteiger charge is 2.23. The highest BCUT2D eigenvalue weighted by Crippen LogP contribution is 2.13. The Labute approximate surface area is 148 Å².